The number of ether oxygens (including phenoxy) is 1. The number of nitrogens with zero attached hydrogens (tertiary/aromatic N) is 2. The van der Waals surface area contributed by atoms with Crippen LogP contribution in [0.1, 0.15) is 31.7 Å². The predicted octanol–water partition coefficient (Wildman–Crippen LogP) is 0.790. The molecule has 1 aromatic rings. The SMILES string of the molecule is CCCOC(=O)CC1C(=O)NCCN1C(=O)CNc1ccc(CCC(=O)N(C)C)cc1. The summed E-state index contributed by atoms with van der Waals surface area (Å²) < 4.78 is 5.06. The molecule has 1 fully saturated rings. The number of rotatable bonds is 10. The number of hydrogen-bond acceptors (Lipinski definition) is 6. The molecule has 2 rings (SSSR count). The Labute approximate surface area is 183 Å². The smallest absolute Gasteiger partial charge is 0.308 e. The van der Waals surface area contributed by atoms with Crippen LogP contribution in [0.4, 0.5) is 5.69 Å². The third-order valence-corrected chi connectivity index (χ3v) is 5.00. The van der Waals surface area contributed by atoms with Gasteiger partial charge in [-0.05, 0) is 30.5 Å². The van der Waals surface area contributed by atoms with Crippen LogP contribution >= 0.6 is 0 Å². The van der Waals surface area contributed by atoms with E-state index in [1.165, 1.54) is 4.90 Å². The molecule has 31 heavy (non-hydrogen) atoms. The Kier molecular flexibility index (Phi) is 9.30. The lowest BCUT2D eigenvalue weighted by atomic mass is 10.1. The Morgan fingerprint density at radius 1 is 1.23 bits per heavy atom. The van der Waals surface area contributed by atoms with Gasteiger partial charge < -0.3 is 25.2 Å². The molecule has 0 aromatic heterocycles. The first-order chi connectivity index (χ1) is 14.8. The lowest BCUT2D eigenvalue weighted by molar-refractivity contribution is -0.151. The van der Waals surface area contributed by atoms with Crippen molar-refractivity contribution >= 4 is 29.4 Å². The zero-order chi connectivity index (χ0) is 22.8. The van der Waals surface area contributed by atoms with Crippen molar-refractivity contribution in [3.63, 3.8) is 0 Å². The lowest BCUT2D eigenvalue weighted by Gasteiger charge is -2.34. The Balaban J connectivity index is 1.88. The monoisotopic (exact) mass is 432 g/mol. The number of hydrogen-bond donors (Lipinski definition) is 2. The first-order valence-electron chi connectivity index (χ1n) is 10.6. The van der Waals surface area contributed by atoms with Crippen LogP contribution in [-0.4, -0.2) is 79.9 Å². The number of piperazine rings is 1. The number of esters is 1. The van der Waals surface area contributed by atoms with Gasteiger partial charge in [-0.2, -0.15) is 0 Å². The van der Waals surface area contributed by atoms with Crippen molar-refractivity contribution in [2.75, 3.05) is 45.7 Å². The molecule has 0 radical (unpaired) electrons. The number of benzene rings is 1. The predicted molar refractivity (Wildman–Crippen MR) is 116 cm³/mol. The molecule has 1 atom stereocenters. The van der Waals surface area contributed by atoms with Crippen LogP contribution in [-0.2, 0) is 30.3 Å². The Morgan fingerprint density at radius 3 is 2.58 bits per heavy atom. The first-order valence-corrected chi connectivity index (χ1v) is 10.6. The van der Waals surface area contributed by atoms with Crippen molar-refractivity contribution in [2.24, 2.45) is 0 Å². The van der Waals surface area contributed by atoms with E-state index in [4.69, 9.17) is 4.74 Å². The molecule has 2 N–H and O–H groups in total. The van der Waals surface area contributed by atoms with Gasteiger partial charge in [0.05, 0.1) is 19.6 Å². The van der Waals surface area contributed by atoms with Gasteiger partial charge in [0.15, 0.2) is 0 Å². The van der Waals surface area contributed by atoms with E-state index in [0.29, 0.717) is 39.0 Å². The zero-order valence-electron chi connectivity index (χ0n) is 18.5. The van der Waals surface area contributed by atoms with E-state index in [9.17, 15) is 19.2 Å². The maximum atomic E-state index is 12.7. The highest BCUT2D eigenvalue weighted by Crippen LogP contribution is 2.14. The molecule has 3 amide bonds. The highest BCUT2D eigenvalue weighted by molar-refractivity contribution is 5.93. The van der Waals surface area contributed by atoms with Crippen molar-refractivity contribution in [3.05, 3.63) is 29.8 Å². The summed E-state index contributed by atoms with van der Waals surface area (Å²) in [6, 6.07) is 6.67. The fourth-order valence-electron chi connectivity index (χ4n) is 3.19. The summed E-state index contributed by atoms with van der Waals surface area (Å²) in [5.41, 5.74) is 1.79. The van der Waals surface area contributed by atoms with Crippen LogP contribution in [0.25, 0.3) is 0 Å². The molecule has 170 valence electrons. The average Bonchev–Trinajstić information content (AvgIpc) is 2.76. The highest BCUT2D eigenvalue weighted by Gasteiger charge is 2.34. The van der Waals surface area contributed by atoms with Crippen molar-refractivity contribution in [1.82, 2.24) is 15.1 Å². The normalized spacial score (nSPS) is 15.8. The number of amides is 3. The summed E-state index contributed by atoms with van der Waals surface area (Å²) in [6.45, 7) is 2.88. The second kappa shape index (κ2) is 11.9. The third-order valence-electron chi connectivity index (χ3n) is 5.00. The number of anilines is 1. The molecule has 0 saturated carbocycles. The number of aryl methyl sites for hydroxylation is 1. The van der Waals surface area contributed by atoms with E-state index in [0.717, 1.165) is 11.3 Å². The molecule has 1 unspecified atom stereocenters. The molecule has 1 aliphatic rings. The highest BCUT2D eigenvalue weighted by atomic mass is 16.5. The molecule has 0 bridgehead atoms. The molecule has 1 aromatic carbocycles. The third kappa shape index (κ3) is 7.58. The summed E-state index contributed by atoms with van der Waals surface area (Å²) in [5.74, 6) is -1.02. The van der Waals surface area contributed by atoms with Crippen LogP contribution in [0.15, 0.2) is 24.3 Å². The van der Waals surface area contributed by atoms with Gasteiger partial charge in [0, 0.05) is 39.3 Å². The summed E-state index contributed by atoms with van der Waals surface area (Å²) >= 11 is 0. The topological polar surface area (TPSA) is 108 Å². The molecule has 1 saturated heterocycles. The van der Waals surface area contributed by atoms with Gasteiger partial charge in [-0.25, -0.2) is 0 Å². The van der Waals surface area contributed by atoms with E-state index >= 15 is 0 Å². The van der Waals surface area contributed by atoms with Crippen molar-refractivity contribution in [1.29, 1.82) is 0 Å². The van der Waals surface area contributed by atoms with E-state index in [2.05, 4.69) is 10.6 Å². The summed E-state index contributed by atoms with van der Waals surface area (Å²) in [6.07, 6.45) is 1.63. The minimum atomic E-state index is -0.857. The Hall–Kier alpha value is -3.10. The van der Waals surface area contributed by atoms with Gasteiger partial charge in [0.2, 0.25) is 17.7 Å². The molecule has 0 spiro atoms. The van der Waals surface area contributed by atoms with Crippen LogP contribution in [0.2, 0.25) is 0 Å². The van der Waals surface area contributed by atoms with Gasteiger partial charge in [-0.3, -0.25) is 19.2 Å². The molecule has 9 nitrogen and oxygen atoms in total. The van der Waals surface area contributed by atoms with Crippen LogP contribution in [0, 0.1) is 0 Å². The van der Waals surface area contributed by atoms with E-state index in [1.807, 2.05) is 31.2 Å². The molecule has 1 aliphatic heterocycles. The van der Waals surface area contributed by atoms with Crippen molar-refractivity contribution in [2.45, 2.75) is 38.6 Å². The maximum Gasteiger partial charge on any atom is 0.308 e. The molecule has 0 aliphatic carbocycles. The zero-order valence-corrected chi connectivity index (χ0v) is 18.5. The van der Waals surface area contributed by atoms with Gasteiger partial charge in [0.1, 0.15) is 6.04 Å². The van der Waals surface area contributed by atoms with E-state index in [-0.39, 0.29) is 30.7 Å². The standard InChI is InChI=1S/C22H32N4O5/c1-4-13-31-21(29)14-18-22(30)23-11-12-26(18)20(28)15-24-17-8-5-16(6-9-17)7-10-19(27)25(2)3/h5-6,8-9,18,24H,4,7,10-15H2,1-3H3,(H,23,30). The number of carbonyl (C=O) groups is 4. The van der Waals surface area contributed by atoms with Gasteiger partial charge in [-0.15, -0.1) is 0 Å². The second-order valence-electron chi connectivity index (χ2n) is 7.66. The van der Waals surface area contributed by atoms with Gasteiger partial charge in [0.25, 0.3) is 0 Å². The van der Waals surface area contributed by atoms with Gasteiger partial charge >= 0.3 is 5.97 Å². The largest absolute Gasteiger partial charge is 0.466 e. The summed E-state index contributed by atoms with van der Waals surface area (Å²) in [4.78, 5) is 51.6. The van der Waals surface area contributed by atoms with Gasteiger partial charge in [-0.1, -0.05) is 19.1 Å². The van der Waals surface area contributed by atoms with Crippen molar-refractivity contribution < 1.29 is 23.9 Å². The molecular formula is C22H32N4O5. The van der Waals surface area contributed by atoms with E-state index in [1.54, 1.807) is 19.0 Å². The van der Waals surface area contributed by atoms with Crippen molar-refractivity contribution in [3.8, 4) is 0 Å². The summed E-state index contributed by atoms with van der Waals surface area (Å²) in [7, 11) is 3.47. The first kappa shape index (κ1) is 24.2. The van der Waals surface area contributed by atoms with E-state index < -0.39 is 12.0 Å². The fourth-order valence-corrected chi connectivity index (χ4v) is 3.19. The van der Waals surface area contributed by atoms with Crippen LogP contribution < -0.4 is 10.6 Å². The lowest BCUT2D eigenvalue weighted by Crippen LogP contribution is -2.58. The fraction of sp³-hybridized carbons (Fsp3) is 0.545. The van der Waals surface area contributed by atoms with Crippen LogP contribution in [0.5, 0.6) is 0 Å². The minimum Gasteiger partial charge on any atom is -0.466 e. The number of nitrogens with one attached hydrogen (secondary N) is 2. The second-order valence-corrected chi connectivity index (χ2v) is 7.66. The molecule has 9 heteroatoms. The summed E-state index contributed by atoms with van der Waals surface area (Å²) in [5, 5.41) is 5.76. The average molecular weight is 433 g/mol. The molecular weight excluding hydrogens is 400 g/mol. The van der Waals surface area contributed by atoms with Crippen LogP contribution in [0.3, 0.4) is 0 Å². The number of carbonyl (C=O) groups excluding carboxylic acids is 4. The maximum absolute atomic E-state index is 12.7. The Bertz CT molecular complexity index is 779. The minimum absolute atomic E-state index is 0.00620. The Morgan fingerprint density at radius 2 is 1.94 bits per heavy atom. The molecule has 1 heterocycles. The quantitative estimate of drug-likeness (QED) is 0.529.